The van der Waals surface area contributed by atoms with Crippen molar-refractivity contribution in [3.8, 4) is 0 Å². The number of carbonyl (C=O) groups excluding carboxylic acids is 1. The molecule has 2 heterocycles. The third-order valence-electron chi connectivity index (χ3n) is 3.98. The Bertz CT molecular complexity index is 294. The maximum absolute atomic E-state index is 11.9. The average Bonchev–Trinajstić information content (AvgIpc) is 2.91. The molecule has 6 nitrogen and oxygen atoms in total. The van der Waals surface area contributed by atoms with E-state index >= 15 is 0 Å². The number of nitrogens with two attached hydrogens (primary N) is 1. The van der Waals surface area contributed by atoms with Gasteiger partial charge in [-0.1, -0.05) is 0 Å². The second kappa shape index (κ2) is 7.19. The van der Waals surface area contributed by atoms with Crippen molar-refractivity contribution in [2.24, 2.45) is 5.73 Å². The van der Waals surface area contributed by atoms with Crippen molar-refractivity contribution in [3.05, 3.63) is 0 Å². The zero-order valence-corrected chi connectivity index (χ0v) is 11.8. The molecule has 0 aliphatic carbocycles. The molecule has 1 amide bonds. The van der Waals surface area contributed by atoms with Crippen molar-refractivity contribution in [1.29, 1.82) is 0 Å². The quantitative estimate of drug-likeness (QED) is 0.660. The van der Waals surface area contributed by atoms with Gasteiger partial charge in [-0.2, -0.15) is 0 Å². The molecule has 0 aromatic rings. The Morgan fingerprint density at radius 3 is 3.00 bits per heavy atom. The lowest BCUT2D eigenvalue weighted by molar-refractivity contribution is -0.123. The molecule has 0 spiro atoms. The lowest BCUT2D eigenvalue weighted by Crippen LogP contribution is -2.57. The van der Waals surface area contributed by atoms with Gasteiger partial charge in [-0.3, -0.25) is 9.69 Å². The first-order valence-electron chi connectivity index (χ1n) is 7.20. The minimum absolute atomic E-state index is 0.0819. The van der Waals surface area contributed by atoms with Crippen LogP contribution in [0.3, 0.4) is 0 Å². The summed E-state index contributed by atoms with van der Waals surface area (Å²) in [5.74, 6) is 0.0819. The summed E-state index contributed by atoms with van der Waals surface area (Å²) in [6.45, 7) is 5.36. The zero-order chi connectivity index (χ0) is 13.7. The van der Waals surface area contributed by atoms with Crippen LogP contribution in [0.2, 0.25) is 0 Å². The summed E-state index contributed by atoms with van der Waals surface area (Å²) in [6, 6.07) is 0.284. The molecule has 2 aliphatic rings. The molecule has 2 unspecified atom stereocenters. The molecule has 0 bridgehead atoms. The lowest BCUT2D eigenvalue weighted by atomic mass is 10.1. The smallest absolute Gasteiger partial charge is 0.234 e. The van der Waals surface area contributed by atoms with Gasteiger partial charge in [0.15, 0.2) is 0 Å². The van der Waals surface area contributed by atoms with Crippen LogP contribution in [-0.2, 0) is 9.53 Å². The number of carbonyl (C=O) groups is 1. The fraction of sp³-hybridized carbons (Fsp3) is 0.923. The molecule has 2 fully saturated rings. The Morgan fingerprint density at radius 1 is 1.47 bits per heavy atom. The van der Waals surface area contributed by atoms with Gasteiger partial charge >= 0.3 is 0 Å². The molecule has 6 heteroatoms. The number of amides is 1. The number of hydrogen-bond acceptors (Lipinski definition) is 5. The van der Waals surface area contributed by atoms with Crippen molar-refractivity contribution in [3.63, 3.8) is 0 Å². The van der Waals surface area contributed by atoms with E-state index in [9.17, 15) is 4.79 Å². The van der Waals surface area contributed by atoms with Gasteiger partial charge in [0.05, 0.1) is 12.6 Å². The summed E-state index contributed by atoms with van der Waals surface area (Å²) in [4.78, 5) is 16.4. The monoisotopic (exact) mass is 270 g/mol. The Morgan fingerprint density at radius 2 is 2.32 bits per heavy atom. The van der Waals surface area contributed by atoms with E-state index in [4.69, 9.17) is 10.5 Å². The Kier molecular flexibility index (Phi) is 5.57. The molecule has 2 atom stereocenters. The SMILES string of the molecule is CN1CCN(CC(=O)NCC2CCCO2)C(CN)C1. The van der Waals surface area contributed by atoms with Crippen molar-refractivity contribution in [1.82, 2.24) is 15.1 Å². The van der Waals surface area contributed by atoms with Crippen LogP contribution in [0, 0.1) is 0 Å². The molecule has 2 aliphatic heterocycles. The summed E-state index contributed by atoms with van der Waals surface area (Å²) in [5, 5.41) is 2.97. The standard InChI is InChI=1S/C13H26N4O2/c1-16-4-5-17(11(7-14)9-16)10-13(18)15-8-12-3-2-6-19-12/h11-12H,2-10,14H2,1H3,(H,15,18). The van der Waals surface area contributed by atoms with Gasteiger partial charge in [-0.15, -0.1) is 0 Å². The fourth-order valence-electron chi connectivity index (χ4n) is 2.75. The largest absolute Gasteiger partial charge is 0.376 e. The van der Waals surface area contributed by atoms with Gasteiger partial charge in [-0.25, -0.2) is 0 Å². The van der Waals surface area contributed by atoms with E-state index in [2.05, 4.69) is 22.2 Å². The second-order valence-corrected chi connectivity index (χ2v) is 5.56. The van der Waals surface area contributed by atoms with Crippen molar-refractivity contribution < 1.29 is 9.53 Å². The summed E-state index contributed by atoms with van der Waals surface area (Å²) >= 11 is 0. The van der Waals surface area contributed by atoms with Crippen molar-refractivity contribution in [2.75, 3.05) is 52.9 Å². The minimum atomic E-state index is 0.0819. The van der Waals surface area contributed by atoms with E-state index in [1.54, 1.807) is 0 Å². The molecular formula is C13H26N4O2. The lowest BCUT2D eigenvalue weighted by Gasteiger charge is -2.39. The van der Waals surface area contributed by atoms with Crippen molar-refractivity contribution >= 4 is 5.91 Å². The first-order chi connectivity index (χ1) is 9.19. The molecule has 0 aromatic heterocycles. The maximum atomic E-state index is 11.9. The predicted molar refractivity (Wildman–Crippen MR) is 73.9 cm³/mol. The molecule has 19 heavy (non-hydrogen) atoms. The summed E-state index contributed by atoms with van der Waals surface area (Å²) in [5.41, 5.74) is 5.79. The highest BCUT2D eigenvalue weighted by Crippen LogP contribution is 2.11. The van der Waals surface area contributed by atoms with Gasteiger partial charge in [0.2, 0.25) is 5.91 Å². The third-order valence-corrected chi connectivity index (χ3v) is 3.98. The van der Waals surface area contributed by atoms with Crippen molar-refractivity contribution in [2.45, 2.75) is 25.0 Å². The highest BCUT2D eigenvalue weighted by atomic mass is 16.5. The Balaban J connectivity index is 1.71. The van der Waals surface area contributed by atoms with Gasteiger partial charge in [0.25, 0.3) is 0 Å². The topological polar surface area (TPSA) is 70.8 Å². The molecule has 0 radical (unpaired) electrons. The van der Waals surface area contributed by atoms with E-state index in [0.717, 1.165) is 39.1 Å². The van der Waals surface area contributed by atoms with Crippen LogP contribution < -0.4 is 11.1 Å². The molecule has 2 saturated heterocycles. The minimum Gasteiger partial charge on any atom is -0.376 e. The zero-order valence-electron chi connectivity index (χ0n) is 11.8. The van der Waals surface area contributed by atoms with Crippen LogP contribution >= 0.6 is 0 Å². The van der Waals surface area contributed by atoms with E-state index in [0.29, 0.717) is 19.6 Å². The average molecular weight is 270 g/mol. The molecule has 2 rings (SSSR count). The van der Waals surface area contributed by atoms with Crippen LogP contribution in [-0.4, -0.2) is 80.8 Å². The number of nitrogens with one attached hydrogen (secondary N) is 1. The number of nitrogens with zero attached hydrogens (tertiary/aromatic N) is 2. The summed E-state index contributed by atoms with van der Waals surface area (Å²) < 4.78 is 5.49. The molecule has 3 N–H and O–H groups in total. The summed E-state index contributed by atoms with van der Waals surface area (Å²) in [6.07, 6.45) is 2.37. The van der Waals surface area contributed by atoms with Crippen LogP contribution in [0.4, 0.5) is 0 Å². The first kappa shape index (κ1) is 14.7. The number of ether oxygens (including phenoxy) is 1. The number of likely N-dealkylation sites (N-methyl/N-ethyl adjacent to an activating group) is 1. The molecule has 0 aromatic carbocycles. The molecular weight excluding hydrogens is 244 g/mol. The molecule has 110 valence electrons. The molecule has 0 saturated carbocycles. The first-order valence-corrected chi connectivity index (χ1v) is 7.20. The van der Waals surface area contributed by atoms with Crippen LogP contribution in [0.5, 0.6) is 0 Å². The normalized spacial score (nSPS) is 29.6. The highest BCUT2D eigenvalue weighted by Gasteiger charge is 2.26. The highest BCUT2D eigenvalue weighted by molar-refractivity contribution is 5.78. The van der Waals surface area contributed by atoms with Gasteiger partial charge < -0.3 is 20.7 Å². The van der Waals surface area contributed by atoms with Gasteiger partial charge in [0.1, 0.15) is 0 Å². The Labute approximate surface area is 115 Å². The van der Waals surface area contributed by atoms with Gasteiger partial charge in [-0.05, 0) is 19.9 Å². The summed E-state index contributed by atoms with van der Waals surface area (Å²) in [7, 11) is 2.09. The number of hydrogen-bond donors (Lipinski definition) is 2. The fourth-order valence-corrected chi connectivity index (χ4v) is 2.75. The van der Waals surface area contributed by atoms with E-state index in [1.807, 2.05) is 0 Å². The van der Waals surface area contributed by atoms with E-state index < -0.39 is 0 Å². The maximum Gasteiger partial charge on any atom is 0.234 e. The van der Waals surface area contributed by atoms with Gasteiger partial charge in [0, 0.05) is 45.4 Å². The van der Waals surface area contributed by atoms with E-state index in [1.165, 1.54) is 0 Å². The van der Waals surface area contributed by atoms with Crippen LogP contribution in [0.15, 0.2) is 0 Å². The predicted octanol–water partition coefficient (Wildman–Crippen LogP) is -1.14. The second-order valence-electron chi connectivity index (χ2n) is 5.56. The third kappa shape index (κ3) is 4.42. The van der Waals surface area contributed by atoms with E-state index in [-0.39, 0.29) is 18.1 Å². The number of rotatable bonds is 5. The Hall–Kier alpha value is -0.690. The number of piperazine rings is 1. The van der Waals surface area contributed by atoms with Crippen LogP contribution in [0.25, 0.3) is 0 Å². The van der Waals surface area contributed by atoms with Crippen LogP contribution in [0.1, 0.15) is 12.8 Å².